The summed E-state index contributed by atoms with van der Waals surface area (Å²) < 4.78 is 0.658. The molecule has 3 heteroatoms. The highest BCUT2D eigenvalue weighted by Crippen LogP contribution is 2.28. The highest BCUT2D eigenvalue weighted by Gasteiger charge is 2.43. The Hall–Kier alpha value is -0.700. The Labute approximate surface area is 259 Å². The van der Waals surface area contributed by atoms with Crippen molar-refractivity contribution < 1.29 is 14.1 Å². The monoisotopic (exact) mass is 579 g/mol. The first kappa shape index (κ1) is 40.3. The van der Waals surface area contributed by atoms with Gasteiger partial charge in [-0.1, -0.05) is 168 Å². The maximum Gasteiger partial charge on any atom is 0.151 e. The molecule has 0 bridgehead atoms. The molecule has 0 saturated heterocycles. The zero-order chi connectivity index (χ0) is 30.7. The fourth-order valence-electron chi connectivity index (χ4n) is 6.44. The molecule has 0 spiro atoms. The summed E-state index contributed by atoms with van der Waals surface area (Å²) in [5.41, 5.74) is -0.827. The Morgan fingerprint density at radius 3 is 0.854 bits per heavy atom. The van der Waals surface area contributed by atoms with Gasteiger partial charge in [-0.2, -0.15) is 0 Å². The van der Waals surface area contributed by atoms with Gasteiger partial charge in [0, 0.05) is 12.8 Å². The number of rotatable bonds is 32. The predicted octanol–water partition coefficient (Wildman–Crippen LogP) is 11.8. The third-order valence-electron chi connectivity index (χ3n) is 9.04. The van der Waals surface area contributed by atoms with Crippen LogP contribution in [-0.2, 0) is 9.59 Å². The van der Waals surface area contributed by atoms with E-state index in [2.05, 4.69) is 35.0 Å². The Balaban J connectivity index is 4.10. The first-order chi connectivity index (χ1) is 19.7. The maximum atomic E-state index is 13.4. The van der Waals surface area contributed by atoms with Gasteiger partial charge in [-0.25, -0.2) is 0 Å². The van der Waals surface area contributed by atoms with Gasteiger partial charge in [0.25, 0.3) is 0 Å². The van der Waals surface area contributed by atoms with Gasteiger partial charge in [0.05, 0.1) is 27.7 Å². The van der Waals surface area contributed by atoms with Crippen LogP contribution in [0.4, 0.5) is 0 Å². The average Bonchev–Trinajstić information content (AvgIpc) is 2.92. The molecular formula is C38H76NO2+. The van der Waals surface area contributed by atoms with Crippen LogP contribution in [0.3, 0.4) is 0 Å². The fourth-order valence-corrected chi connectivity index (χ4v) is 6.44. The molecule has 0 radical (unpaired) electrons. The van der Waals surface area contributed by atoms with Crippen LogP contribution < -0.4 is 0 Å². The van der Waals surface area contributed by atoms with Gasteiger partial charge in [-0.05, 0) is 19.8 Å². The highest BCUT2D eigenvalue weighted by molar-refractivity contribution is 6.06. The largest absolute Gasteiger partial charge is 0.330 e. The summed E-state index contributed by atoms with van der Waals surface area (Å²) in [4.78, 5) is 26.8. The van der Waals surface area contributed by atoms with Crippen molar-refractivity contribution in [2.45, 2.75) is 201 Å². The molecule has 0 aromatic heterocycles. The first-order valence-electron chi connectivity index (χ1n) is 18.5. The number of Topliss-reactive ketones (excluding diaryl/α,β-unsaturated/α-hetero) is 2. The van der Waals surface area contributed by atoms with Crippen molar-refractivity contribution in [1.29, 1.82) is 0 Å². The zero-order valence-corrected chi connectivity index (χ0v) is 29.3. The average molecular weight is 579 g/mol. The topological polar surface area (TPSA) is 34.1 Å². The lowest BCUT2D eigenvalue weighted by molar-refractivity contribution is -0.874. The van der Waals surface area contributed by atoms with Crippen molar-refractivity contribution in [3.05, 3.63) is 0 Å². The molecular weight excluding hydrogens is 502 g/mol. The molecule has 0 aromatic rings. The summed E-state index contributed by atoms with van der Waals surface area (Å²) in [7, 11) is 6.32. The van der Waals surface area contributed by atoms with Crippen LogP contribution in [0.2, 0.25) is 0 Å². The van der Waals surface area contributed by atoms with Gasteiger partial charge in [0.15, 0.2) is 11.6 Å². The Bertz CT molecular complexity index is 564. The van der Waals surface area contributed by atoms with E-state index in [0.29, 0.717) is 23.9 Å². The number of nitrogens with zero attached hydrogens (tertiary/aromatic N) is 1. The van der Waals surface area contributed by atoms with Crippen molar-refractivity contribution >= 4 is 11.6 Å². The van der Waals surface area contributed by atoms with Crippen LogP contribution >= 0.6 is 0 Å². The molecule has 0 unspecified atom stereocenters. The van der Waals surface area contributed by atoms with E-state index in [9.17, 15) is 9.59 Å². The second-order valence-corrected chi connectivity index (χ2v) is 14.6. The molecule has 0 heterocycles. The van der Waals surface area contributed by atoms with Gasteiger partial charge in [-0.15, -0.1) is 0 Å². The Morgan fingerprint density at radius 2 is 0.634 bits per heavy atom. The lowest BCUT2D eigenvalue weighted by Crippen LogP contribution is -2.51. The van der Waals surface area contributed by atoms with Crippen molar-refractivity contribution in [3.63, 3.8) is 0 Å². The van der Waals surface area contributed by atoms with Crippen molar-refractivity contribution in [1.82, 2.24) is 0 Å². The lowest BCUT2D eigenvalue weighted by Gasteiger charge is -2.35. The number of hydrogen-bond acceptors (Lipinski definition) is 2. The van der Waals surface area contributed by atoms with Gasteiger partial charge in [-0.3, -0.25) is 9.59 Å². The highest BCUT2D eigenvalue weighted by atomic mass is 16.2. The van der Waals surface area contributed by atoms with Crippen molar-refractivity contribution in [2.75, 3.05) is 27.7 Å². The number of quaternary nitrogens is 1. The van der Waals surface area contributed by atoms with Crippen molar-refractivity contribution in [2.24, 2.45) is 5.41 Å². The van der Waals surface area contributed by atoms with Crippen LogP contribution in [0, 0.1) is 5.41 Å². The minimum absolute atomic E-state index is 0.188. The number of hydrogen-bond donors (Lipinski definition) is 0. The van der Waals surface area contributed by atoms with Gasteiger partial charge >= 0.3 is 0 Å². The van der Waals surface area contributed by atoms with Crippen molar-refractivity contribution in [3.8, 4) is 0 Å². The van der Waals surface area contributed by atoms with E-state index in [4.69, 9.17) is 0 Å². The molecule has 0 N–H and O–H groups in total. The van der Waals surface area contributed by atoms with Crippen LogP contribution in [0.15, 0.2) is 0 Å². The molecule has 41 heavy (non-hydrogen) atoms. The molecule has 0 aliphatic carbocycles. The summed E-state index contributed by atoms with van der Waals surface area (Å²) in [5, 5.41) is 0. The summed E-state index contributed by atoms with van der Waals surface area (Å²) in [6, 6.07) is 0. The number of carbonyl (C=O) groups is 2. The van der Waals surface area contributed by atoms with E-state index in [1.807, 2.05) is 6.92 Å². The smallest absolute Gasteiger partial charge is 0.151 e. The lowest BCUT2D eigenvalue weighted by atomic mass is 9.76. The molecule has 3 nitrogen and oxygen atoms in total. The van der Waals surface area contributed by atoms with E-state index in [1.165, 1.54) is 141 Å². The van der Waals surface area contributed by atoms with E-state index < -0.39 is 5.41 Å². The van der Waals surface area contributed by atoms with Crippen LogP contribution in [0.1, 0.15) is 201 Å². The summed E-state index contributed by atoms with van der Waals surface area (Å²) in [5.74, 6) is 0.377. The minimum Gasteiger partial charge on any atom is -0.330 e. The molecule has 0 saturated carbocycles. The molecule has 0 aromatic carbocycles. The van der Waals surface area contributed by atoms with E-state index >= 15 is 0 Å². The Morgan fingerprint density at radius 1 is 0.415 bits per heavy atom. The summed E-state index contributed by atoms with van der Waals surface area (Å²) in [6.45, 7) is 7.12. The number of carbonyl (C=O) groups excluding carboxylic acids is 2. The molecule has 0 fully saturated rings. The first-order valence-corrected chi connectivity index (χ1v) is 18.5. The van der Waals surface area contributed by atoms with Crippen LogP contribution in [-0.4, -0.2) is 43.7 Å². The quantitative estimate of drug-likeness (QED) is 0.0452. The molecule has 0 aliphatic heterocycles. The van der Waals surface area contributed by atoms with Gasteiger partial charge < -0.3 is 4.48 Å². The third kappa shape index (κ3) is 24.4. The second-order valence-electron chi connectivity index (χ2n) is 14.6. The maximum absolute atomic E-state index is 13.4. The second kappa shape index (κ2) is 26.9. The Kier molecular flexibility index (Phi) is 26.4. The normalized spacial score (nSPS) is 12.2. The molecule has 0 rings (SSSR count). The summed E-state index contributed by atoms with van der Waals surface area (Å²) in [6.07, 6.45) is 35.2. The molecule has 0 atom stereocenters. The van der Waals surface area contributed by atoms with Gasteiger partial charge in [0.1, 0.15) is 5.41 Å². The zero-order valence-electron chi connectivity index (χ0n) is 29.3. The number of ketones is 2. The number of unbranched alkanes of at least 4 members (excludes halogenated alkanes) is 24. The van der Waals surface area contributed by atoms with E-state index in [1.54, 1.807) is 0 Å². The fraction of sp³-hybridized carbons (Fsp3) is 0.947. The van der Waals surface area contributed by atoms with Crippen LogP contribution in [0.5, 0.6) is 0 Å². The van der Waals surface area contributed by atoms with E-state index in [-0.39, 0.29) is 11.6 Å². The third-order valence-corrected chi connectivity index (χ3v) is 9.04. The van der Waals surface area contributed by atoms with Crippen LogP contribution in [0.25, 0.3) is 0 Å². The van der Waals surface area contributed by atoms with E-state index in [0.717, 1.165) is 25.7 Å². The molecule has 0 amide bonds. The SMILES string of the molecule is CCCCCCCCCCCCCCCC(=O)C(C)(C[N+](C)(C)C)C(=O)CCCCCCCCCCCCCCC. The predicted molar refractivity (Wildman–Crippen MR) is 182 cm³/mol. The molecule has 244 valence electrons. The standard InChI is InChI=1S/C38H76NO2/c1-7-9-11-13-15-17-19-21-23-25-27-29-31-33-36(40)38(3,35-39(4,5)6)37(41)34-32-30-28-26-24-22-20-18-16-14-12-10-8-2/h7-35H2,1-6H3/q+1. The minimum atomic E-state index is -0.827. The molecule has 0 aliphatic rings. The summed E-state index contributed by atoms with van der Waals surface area (Å²) >= 11 is 0. The van der Waals surface area contributed by atoms with Gasteiger partial charge in [0.2, 0.25) is 0 Å².